The summed E-state index contributed by atoms with van der Waals surface area (Å²) in [5.41, 5.74) is 0.722. The maximum Gasteiger partial charge on any atom is 0.359 e. The van der Waals surface area contributed by atoms with E-state index in [4.69, 9.17) is 16.3 Å². The molecule has 0 bridgehead atoms. The highest BCUT2D eigenvalue weighted by Gasteiger charge is 2.23. The molecule has 7 nitrogen and oxygen atoms in total. The van der Waals surface area contributed by atoms with Gasteiger partial charge in [0.25, 0.3) is 0 Å². The summed E-state index contributed by atoms with van der Waals surface area (Å²) in [6.45, 7) is 4.08. The number of benzene rings is 1. The zero-order valence-corrected chi connectivity index (χ0v) is 18.4. The molecule has 168 valence electrons. The predicted octanol–water partition coefficient (Wildman–Crippen LogP) is 3.46. The van der Waals surface area contributed by atoms with Crippen molar-refractivity contribution in [1.82, 2.24) is 19.7 Å². The maximum atomic E-state index is 14.5. The number of hydrogen-bond acceptors (Lipinski definition) is 6. The fraction of sp³-hybridized carbons (Fsp3) is 0.318. The summed E-state index contributed by atoms with van der Waals surface area (Å²) in [6, 6.07) is 5.69. The number of aromatic nitrogens is 3. The van der Waals surface area contributed by atoms with Crippen molar-refractivity contribution in [2.45, 2.75) is 6.54 Å². The molecule has 1 fully saturated rings. The number of methoxy groups -OCH3 is 1. The van der Waals surface area contributed by atoms with Gasteiger partial charge in [-0.05, 0) is 30.8 Å². The SMILES string of the molecule is COC(=O)c1nn(Cc2ccc(N3CCN(C)CC3)nc2)cc1-c1cc(F)c(Cl)cc1F. The Labute approximate surface area is 189 Å². The number of carbonyl (C=O) groups excluding carboxylic acids is 1. The van der Waals surface area contributed by atoms with E-state index >= 15 is 0 Å². The van der Waals surface area contributed by atoms with Crippen molar-refractivity contribution >= 4 is 23.4 Å². The molecule has 0 spiro atoms. The Morgan fingerprint density at radius 2 is 1.88 bits per heavy atom. The summed E-state index contributed by atoms with van der Waals surface area (Å²) in [5.74, 6) is -1.41. The van der Waals surface area contributed by atoms with Crippen LogP contribution >= 0.6 is 11.6 Å². The number of hydrogen-bond donors (Lipinski definition) is 0. The van der Waals surface area contributed by atoms with Crippen LogP contribution in [0.25, 0.3) is 11.1 Å². The second-order valence-electron chi connectivity index (χ2n) is 7.64. The number of pyridine rings is 1. The van der Waals surface area contributed by atoms with Gasteiger partial charge in [-0.2, -0.15) is 5.10 Å². The summed E-state index contributed by atoms with van der Waals surface area (Å²) in [4.78, 5) is 21.3. The standard InChI is InChI=1S/C22H22ClF2N5O2/c1-28-5-7-29(8-6-28)20-4-3-14(11-26-20)12-30-13-16(21(27-30)22(31)32-2)15-9-19(25)17(23)10-18(15)24/h3-4,9-11,13H,5-8,12H2,1-2H3. The van der Waals surface area contributed by atoms with Gasteiger partial charge in [-0.15, -0.1) is 0 Å². The lowest BCUT2D eigenvalue weighted by atomic mass is 10.1. The number of halogens is 3. The Hall–Kier alpha value is -3.04. The van der Waals surface area contributed by atoms with Gasteiger partial charge < -0.3 is 14.5 Å². The molecule has 0 unspecified atom stereocenters. The Kier molecular flexibility index (Phi) is 6.38. The first-order chi connectivity index (χ1) is 15.4. The first kappa shape index (κ1) is 22.2. The normalized spacial score (nSPS) is 14.6. The molecular formula is C22H22ClF2N5O2. The van der Waals surface area contributed by atoms with Crippen LogP contribution in [0.2, 0.25) is 5.02 Å². The second-order valence-corrected chi connectivity index (χ2v) is 8.05. The third-order valence-electron chi connectivity index (χ3n) is 5.42. The highest BCUT2D eigenvalue weighted by molar-refractivity contribution is 6.30. The van der Waals surface area contributed by atoms with Gasteiger partial charge in [0.1, 0.15) is 17.5 Å². The maximum absolute atomic E-state index is 14.5. The number of piperazine rings is 1. The third kappa shape index (κ3) is 4.58. The van der Waals surface area contributed by atoms with E-state index in [-0.39, 0.29) is 28.4 Å². The molecule has 10 heteroatoms. The zero-order chi connectivity index (χ0) is 22.8. The first-order valence-electron chi connectivity index (χ1n) is 10.0. The zero-order valence-electron chi connectivity index (χ0n) is 17.7. The molecular weight excluding hydrogens is 440 g/mol. The molecule has 3 aromatic rings. The minimum absolute atomic E-state index is 0.116. The van der Waals surface area contributed by atoms with E-state index in [0.717, 1.165) is 49.7 Å². The van der Waals surface area contributed by atoms with Gasteiger partial charge in [0.2, 0.25) is 0 Å². The molecule has 3 heterocycles. The van der Waals surface area contributed by atoms with Gasteiger partial charge in [0, 0.05) is 49.7 Å². The molecule has 1 aromatic carbocycles. The molecule has 1 aliphatic heterocycles. The molecule has 0 N–H and O–H groups in total. The molecule has 0 aliphatic carbocycles. The number of esters is 1. The van der Waals surface area contributed by atoms with Gasteiger partial charge in [-0.25, -0.2) is 18.6 Å². The average molecular weight is 462 g/mol. The van der Waals surface area contributed by atoms with E-state index in [2.05, 4.69) is 26.9 Å². The van der Waals surface area contributed by atoms with E-state index in [1.54, 1.807) is 6.20 Å². The van der Waals surface area contributed by atoms with Crippen molar-refractivity contribution < 1.29 is 18.3 Å². The van der Waals surface area contributed by atoms with Crippen LogP contribution in [0, 0.1) is 11.6 Å². The lowest BCUT2D eigenvalue weighted by Gasteiger charge is -2.33. The monoisotopic (exact) mass is 461 g/mol. The highest BCUT2D eigenvalue weighted by Crippen LogP contribution is 2.30. The molecule has 1 saturated heterocycles. The van der Waals surface area contributed by atoms with Gasteiger partial charge >= 0.3 is 5.97 Å². The van der Waals surface area contributed by atoms with Crippen molar-refractivity contribution in [3.8, 4) is 11.1 Å². The van der Waals surface area contributed by atoms with Crippen LogP contribution in [0.3, 0.4) is 0 Å². The van der Waals surface area contributed by atoms with Gasteiger partial charge in [0.05, 0.1) is 18.7 Å². The van der Waals surface area contributed by atoms with Crippen LogP contribution in [-0.2, 0) is 11.3 Å². The third-order valence-corrected chi connectivity index (χ3v) is 5.71. The quantitative estimate of drug-likeness (QED) is 0.428. The van der Waals surface area contributed by atoms with Crippen LogP contribution in [0.15, 0.2) is 36.7 Å². The van der Waals surface area contributed by atoms with E-state index in [1.807, 2.05) is 12.1 Å². The topological polar surface area (TPSA) is 63.5 Å². The summed E-state index contributed by atoms with van der Waals surface area (Å²) < 4.78 is 34.7. The number of rotatable bonds is 5. The van der Waals surface area contributed by atoms with Gasteiger partial charge in [-0.3, -0.25) is 4.68 Å². The molecule has 4 rings (SSSR count). The summed E-state index contributed by atoms with van der Waals surface area (Å²) in [5, 5.41) is 3.90. The summed E-state index contributed by atoms with van der Waals surface area (Å²) >= 11 is 5.65. The first-order valence-corrected chi connectivity index (χ1v) is 10.4. The largest absolute Gasteiger partial charge is 0.464 e. The fourth-order valence-corrected chi connectivity index (χ4v) is 3.75. The second kappa shape index (κ2) is 9.22. The molecule has 0 amide bonds. The number of ether oxygens (including phenoxy) is 1. The lowest BCUT2D eigenvalue weighted by molar-refractivity contribution is 0.0594. The van der Waals surface area contributed by atoms with Crippen molar-refractivity contribution in [3.63, 3.8) is 0 Å². The molecule has 2 aromatic heterocycles. The van der Waals surface area contributed by atoms with Crippen LogP contribution in [0.5, 0.6) is 0 Å². The molecule has 32 heavy (non-hydrogen) atoms. The van der Waals surface area contributed by atoms with E-state index < -0.39 is 17.6 Å². The van der Waals surface area contributed by atoms with E-state index in [1.165, 1.54) is 18.0 Å². The molecule has 0 saturated carbocycles. The van der Waals surface area contributed by atoms with Crippen molar-refractivity contribution in [2.24, 2.45) is 0 Å². The number of nitrogens with zero attached hydrogens (tertiary/aromatic N) is 5. The van der Waals surface area contributed by atoms with Crippen LogP contribution in [0.1, 0.15) is 16.1 Å². The number of likely N-dealkylation sites (N-methyl/N-ethyl adjacent to an activating group) is 1. The number of carbonyl (C=O) groups is 1. The summed E-state index contributed by atoms with van der Waals surface area (Å²) in [7, 11) is 3.30. The van der Waals surface area contributed by atoms with Crippen molar-refractivity contribution in [2.75, 3.05) is 45.2 Å². The molecule has 1 aliphatic rings. The Balaban J connectivity index is 1.60. The highest BCUT2D eigenvalue weighted by atomic mass is 35.5. The lowest BCUT2D eigenvalue weighted by Crippen LogP contribution is -2.44. The Bertz CT molecular complexity index is 1130. The minimum atomic E-state index is -0.796. The van der Waals surface area contributed by atoms with Crippen LogP contribution < -0.4 is 4.90 Å². The van der Waals surface area contributed by atoms with Crippen molar-refractivity contribution in [3.05, 3.63) is 64.6 Å². The van der Waals surface area contributed by atoms with Crippen LogP contribution in [-0.4, -0.2) is 66.0 Å². The molecule has 0 radical (unpaired) electrons. The molecule has 0 atom stereocenters. The van der Waals surface area contributed by atoms with E-state index in [9.17, 15) is 13.6 Å². The Morgan fingerprint density at radius 1 is 1.12 bits per heavy atom. The average Bonchev–Trinajstić information content (AvgIpc) is 3.20. The summed E-state index contributed by atoms with van der Waals surface area (Å²) in [6.07, 6.45) is 3.22. The Morgan fingerprint density at radius 3 is 2.53 bits per heavy atom. The van der Waals surface area contributed by atoms with Crippen molar-refractivity contribution in [1.29, 1.82) is 0 Å². The predicted molar refractivity (Wildman–Crippen MR) is 117 cm³/mol. The van der Waals surface area contributed by atoms with E-state index in [0.29, 0.717) is 0 Å². The minimum Gasteiger partial charge on any atom is -0.464 e. The smallest absolute Gasteiger partial charge is 0.359 e. The van der Waals surface area contributed by atoms with Gasteiger partial charge in [0.15, 0.2) is 5.69 Å². The number of anilines is 1. The van der Waals surface area contributed by atoms with Crippen LogP contribution in [0.4, 0.5) is 14.6 Å². The fourth-order valence-electron chi connectivity index (χ4n) is 3.60. The van der Waals surface area contributed by atoms with Gasteiger partial charge in [-0.1, -0.05) is 17.7 Å².